The molecule has 1 heterocycles. The zero-order chi connectivity index (χ0) is 15.4. The lowest BCUT2D eigenvalue weighted by molar-refractivity contribution is 0.194. The third-order valence-corrected chi connectivity index (χ3v) is 4.15. The van der Waals surface area contributed by atoms with Gasteiger partial charge in [-0.05, 0) is 37.9 Å². The third kappa shape index (κ3) is 3.76. The Morgan fingerprint density at radius 3 is 2.62 bits per heavy atom. The maximum Gasteiger partial charge on any atom is 0.319 e. The number of rotatable bonds is 6. The first-order valence-corrected chi connectivity index (χ1v) is 7.83. The van der Waals surface area contributed by atoms with Crippen molar-refractivity contribution in [3.8, 4) is 0 Å². The number of carbonyl (C=O) groups excluding carboxylic acids is 1. The molecular weight excluding hydrogens is 262 g/mol. The molecule has 1 aliphatic rings. The maximum atomic E-state index is 12.1. The van der Waals surface area contributed by atoms with Crippen molar-refractivity contribution in [2.24, 2.45) is 0 Å². The number of hydrogen-bond donors (Lipinski definition) is 1. The Labute approximate surface area is 128 Å². The Morgan fingerprint density at radius 2 is 2.05 bits per heavy atom. The fourth-order valence-corrected chi connectivity index (χ4v) is 2.90. The van der Waals surface area contributed by atoms with Gasteiger partial charge in [-0.15, -0.1) is 0 Å². The highest BCUT2D eigenvalue weighted by Gasteiger charge is 2.28. The number of benzene rings is 1. The maximum absolute atomic E-state index is 12.1. The summed E-state index contributed by atoms with van der Waals surface area (Å²) in [6.45, 7) is 9.80. The molecule has 1 aromatic carbocycles. The SMILES string of the molecule is CCCNC(CN1CCN(C)C1=O)c1ccc(C)cc1C. The van der Waals surface area contributed by atoms with E-state index in [9.17, 15) is 4.79 Å². The first kappa shape index (κ1) is 15.8. The standard InChI is InChI=1S/C17H27N3O/c1-5-8-18-16(12-20-10-9-19(4)17(20)21)15-7-6-13(2)11-14(15)3/h6-7,11,16,18H,5,8-10,12H2,1-4H3. The number of urea groups is 1. The van der Waals surface area contributed by atoms with Gasteiger partial charge in [0.2, 0.25) is 0 Å². The molecule has 1 fully saturated rings. The van der Waals surface area contributed by atoms with Crippen molar-refractivity contribution in [3.63, 3.8) is 0 Å². The largest absolute Gasteiger partial charge is 0.326 e. The van der Waals surface area contributed by atoms with Crippen molar-refractivity contribution in [3.05, 3.63) is 34.9 Å². The summed E-state index contributed by atoms with van der Waals surface area (Å²) >= 11 is 0. The molecule has 21 heavy (non-hydrogen) atoms. The zero-order valence-electron chi connectivity index (χ0n) is 13.6. The van der Waals surface area contributed by atoms with E-state index in [1.807, 2.05) is 11.9 Å². The van der Waals surface area contributed by atoms with Crippen LogP contribution in [0, 0.1) is 13.8 Å². The summed E-state index contributed by atoms with van der Waals surface area (Å²) < 4.78 is 0. The second-order valence-corrected chi connectivity index (χ2v) is 6.02. The number of hydrogen-bond acceptors (Lipinski definition) is 2. The highest BCUT2D eigenvalue weighted by atomic mass is 16.2. The molecule has 1 saturated heterocycles. The van der Waals surface area contributed by atoms with E-state index in [1.165, 1.54) is 16.7 Å². The van der Waals surface area contributed by atoms with E-state index >= 15 is 0 Å². The summed E-state index contributed by atoms with van der Waals surface area (Å²) in [5, 5.41) is 3.60. The van der Waals surface area contributed by atoms with Crippen molar-refractivity contribution in [2.75, 3.05) is 33.2 Å². The summed E-state index contributed by atoms with van der Waals surface area (Å²) in [6, 6.07) is 6.92. The summed E-state index contributed by atoms with van der Waals surface area (Å²) in [4.78, 5) is 15.9. The van der Waals surface area contributed by atoms with E-state index in [2.05, 4.69) is 44.3 Å². The quantitative estimate of drug-likeness (QED) is 0.874. The lowest BCUT2D eigenvalue weighted by Crippen LogP contribution is -2.38. The monoisotopic (exact) mass is 289 g/mol. The molecule has 1 atom stereocenters. The third-order valence-electron chi connectivity index (χ3n) is 4.15. The van der Waals surface area contributed by atoms with Gasteiger partial charge in [-0.2, -0.15) is 0 Å². The van der Waals surface area contributed by atoms with Crippen LogP contribution in [0.2, 0.25) is 0 Å². The molecule has 1 N–H and O–H groups in total. The lowest BCUT2D eigenvalue weighted by Gasteiger charge is -2.26. The highest BCUT2D eigenvalue weighted by Crippen LogP contribution is 2.21. The Balaban J connectivity index is 2.16. The molecule has 4 heteroatoms. The summed E-state index contributed by atoms with van der Waals surface area (Å²) in [7, 11) is 1.87. The van der Waals surface area contributed by atoms with Crippen LogP contribution in [0.25, 0.3) is 0 Å². The topological polar surface area (TPSA) is 35.6 Å². The first-order valence-electron chi connectivity index (χ1n) is 7.83. The second kappa shape index (κ2) is 6.94. The van der Waals surface area contributed by atoms with Gasteiger partial charge in [0.1, 0.15) is 0 Å². The van der Waals surface area contributed by atoms with Crippen LogP contribution in [0.5, 0.6) is 0 Å². The molecule has 4 nitrogen and oxygen atoms in total. The van der Waals surface area contributed by atoms with Crippen LogP contribution in [-0.4, -0.2) is 49.1 Å². The average molecular weight is 289 g/mol. The van der Waals surface area contributed by atoms with Gasteiger partial charge >= 0.3 is 6.03 Å². The Hall–Kier alpha value is -1.55. The van der Waals surface area contributed by atoms with E-state index in [4.69, 9.17) is 0 Å². The van der Waals surface area contributed by atoms with Crippen LogP contribution >= 0.6 is 0 Å². The number of nitrogens with zero attached hydrogens (tertiary/aromatic N) is 2. The van der Waals surface area contributed by atoms with Gasteiger partial charge in [0, 0.05) is 26.7 Å². The van der Waals surface area contributed by atoms with Gasteiger partial charge in [-0.3, -0.25) is 0 Å². The summed E-state index contributed by atoms with van der Waals surface area (Å²) in [5.41, 5.74) is 3.88. The van der Waals surface area contributed by atoms with Gasteiger partial charge in [0.15, 0.2) is 0 Å². The minimum Gasteiger partial charge on any atom is -0.326 e. The fraction of sp³-hybridized carbons (Fsp3) is 0.588. The average Bonchev–Trinajstić information content (AvgIpc) is 2.75. The molecule has 116 valence electrons. The van der Waals surface area contributed by atoms with E-state index in [1.54, 1.807) is 4.90 Å². The molecular formula is C17H27N3O. The van der Waals surface area contributed by atoms with Gasteiger partial charge in [0.25, 0.3) is 0 Å². The molecule has 1 aromatic rings. The number of amides is 2. The van der Waals surface area contributed by atoms with Gasteiger partial charge in [0.05, 0.1) is 6.04 Å². The molecule has 2 amide bonds. The highest BCUT2D eigenvalue weighted by molar-refractivity contribution is 5.76. The molecule has 0 spiro atoms. The van der Waals surface area contributed by atoms with Crippen LogP contribution in [0.1, 0.15) is 36.1 Å². The van der Waals surface area contributed by atoms with Crippen molar-refractivity contribution < 1.29 is 4.79 Å². The van der Waals surface area contributed by atoms with Crippen LogP contribution < -0.4 is 5.32 Å². The van der Waals surface area contributed by atoms with Crippen molar-refractivity contribution in [1.82, 2.24) is 15.1 Å². The lowest BCUT2D eigenvalue weighted by atomic mass is 9.98. The molecule has 0 saturated carbocycles. The Bertz CT molecular complexity index is 501. The molecule has 1 aliphatic heterocycles. The second-order valence-electron chi connectivity index (χ2n) is 6.02. The van der Waals surface area contributed by atoms with Crippen molar-refractivity contribution >= 4 is 6.03 Å². The molecule has 0 bridgehead atoms. The van der Waals surface area contributed by atoms with Gasteiger partial charge in [-0.1, -0.05) is 30.7 Å². The fourth-order valence-electron chi connectivity index (χ4n) is 2.90. The normalized spacial score (nSPS) is 16.7. The Morgan fingerprint density at radius 1 is 1.29 bits per heavy atom. The minimum absolute atomic E-state index is 0.142. The van der Waals surface area contributed by atoms with Crippen molar-refractivity contribution in [2.45, 2.75) is 33.2 Å². The molecule has 1 unspecified atom stereocenters. The molecule has 0 aliphatic carbocycles. The number of aryl methyl sites for hydroxylation is 2. The van der Waals surface area contributed by atoms with E-state index < -0.39 is 0 Å². The van der Waals surface area contributed by atoms with Gasteiger partial charge in [-0.25, -0.2) is 4.79 Å². The predicted octanol–water partition coefficient (Wildman–Crippen LogP) is 2.71. The summed E-state index contributed by atoms with van der Waals surface area (Å²) in [6.07, 6.45) is 1.09. The van der Waals surface area contributed by atoms with E-state index in [0.717, 1.165) is 32.6 Å². The molecule has 0 aromatic heterocycles. The number of carbonyl (C=O) groups is 1. The number of nitrogens with one attached hydrogen (secondary N) is 1. The van der Waals surface area contributed by atoms with E-state index in [0.29, 0.717) is 0 Å². The van der Waals surface area contributed by atoms with Crippen molar-refractivity contribution in [1.29, 1.82) is 0 Å². The minimum atomic E-state index is 0.142. The first-order chi connectivity index (χ1) is 10.0. The van der Waals surface area contributed by atoms with Crippen LogP contribution in [0.15, 0.2) is 18.2 Å². The van der Waals surface area contributed by atoms with E-state index in [-0.39, 0.29) is 12.1 Å². The zero-order valence-corrected chi connectivity index (χ0v) is 13.6. The molecule has 0 radical (unpaired) electrons. The van der Waals surface area contributed by atoms with Crippen LogP contribution in [0.3, 0.4) is 0 Å². The smallest absolute Gasteiger partial charge is 0.319 e. The summed E-state index contributed by atoms with van der Waals surface area (Å²) in [5.74, 6) is 0. The molecule has 2 rings (SSSR count). The van der Waals surface area contributed by atoms with Crippen LogP contribution in [-0.2, 0) is 0 Å². The Kier molecular flexibility index (Phi) is 5.23. The predicted molar refractivity (Wildman–Crippen MR) is 86.5 cm³/mol. The van der Waals surface area contributed by atoms with Crippen LogP contribution in [0.4, 0.5) is 4.79 Å². The number of likely N-dealkylation sites (N-methyl/N-ethyl adjacent to an activating group) is 1. The van der Waals surface area contributed by atoms with Gasteiger partial charge < -0.3 is 15.1 Å².